The standard InChI is InChI=1S/C15H19N5/c1-9-13-11(6-7-17-9)12-8-18-15(16)19-14(12)20(13)10-4-2-3-5-10/h6-8,10,12,14H,2-5H2,1H3,(H2,16,19). The fraction of sp³-hybridized carbons (Fsp3) is 0.533. The minimum absolute atomic E-state index is 0.0773. The first-order chi connectivity index (χ1) is 9.75. The molecule has 0 amide bonds. The molecule has 0 spiro atoms. The summed E-state index contributed by atoms with van der Waals surface area (Å²) in [7, 11) is 0. The molecular formula is C15H19N5. The number of fused-ring (bicyclic) bond motifs is 3. The molecule has 5 nitrogen and oxygen atoms in total. The molecule has 5 heteroatoms. The Morgan fingerprint density at radius 3 is 2.90 bits per heavy atom. The maximum atomic E-state index is 5.83. The molecule has 2 unspecified atom stereocenters. The van der Waals surface area contributed by atoms with E-state index in [4.69, 9.17) is 5.73 Å². The predicted octanol–water partition coefficient (Wildman–Crippen LogP) is 1.96. The van der Waals surface area contributed by atoms with E-state index in [2.05, 4.69) is 32.9 Å². The summed E-state index contributed by atoms with van der Waals surface area (Å²) in [4.78, 5) is 15.8. The topological polar surface area (TPSA) is 66.9 Å². The second kappa shape index (κ2) is 4.30. The number of nitrogens with two attached hydrogens (primary N) is 1. The number of guanidine groups is 1. The first-order valence-electron chi connectivity index (χ1n) is 7.37. The second-order valence-electron chi connectivity index (χ2n) is 5.88. The summed E-state index contributed by atoms with van der Waals surface area (Å²) >= 11 is 0. The zero-order valence-electron chi connectivity index (χ0n) is 11.7. The molecule has 1 aliphatic carbocycles. The van der Waals surface area contributed by atoms with Gasteiger partial charge in [0.25, 0.3) is 0 Å². The predicted molar refractivity (Wildman–Crippen MR) is 80.4 cm³/mol. The van der Waals surface area contributed by atoms with E-state index in [1.165, 1.54) is 36.9 Å². The van der Waals surface area contributed by atoms with Gasteiger partial charge in [0.2, 0.25) is 5.96 Å². The molecule has 3 aliphatic rings. The van der Waals surface area contributed by atoms with E-state index >= 15 is 0 Å². The molecule has 2 atom stereocenters. The van der Waals surface area contributed by atoms with Crippen molar-refractivity contribution in [2.75, 3.05) is 4.90 Å². The van der Waals surface area contributed by atoms with Gasteiger partial charge in [-0.1, -0.05) is 12.8 Å². The summed E-state index contributed by atoms with van der Waals surface area (Å²) in [5, 5.41) is 0. The van der Waals surface area contributed by atoms with E-state index in [0.29, 0.717) is 12.0 Å². The average molecular weight is 269 g/mol. The maximum Gasteiger partial charge on any atom is 0.217 e. The van der Waals surface area contributed by atoms with Crippen LogP contribution in [0.3, 0.4) is 0 Å². The average Bonchev–Trinajstić information content (AvgIpc) is 3.04. The number of aliphatic imine (C=N–C) groups is 2. The van der Waals surface area contributed by atoms with Crippen LogP contribution in [-0.4, -0.2) is 29.4 Å². The van der Waals surface area contributed by atoms with Crippen molar-refractivity contribution in [1.29, 1.82) is 0 Å². The molecule has 0 saturated heterocycles. The van der Waals surface area contributed by atoms with Gasteiger partial charge in [-0.3, -0.25) is 4.98 Å². The van der Waals surface area contributed by atoms with Crippen molar-refractivity contribution in [3.8, 4) is 0 Å². The lowest BCUT2D eigenvalue weighted by Crippen LogP contribution is -2.42. The van der Waals surface area contributed by atoms with Gasteiger partial charge >= 0.3 is 0 Å². The molecule has 20 heavy (non-hydrogen) atoms. The van der Waals surface area contributed by atoms with Crippen LogP contribution in [0.1, 0.15) is 42.9 Å². The number of aryl methyl sites for hydroxylation is 1. The van der Waals surface area contributed by atoms with Crippen molar-refractivity contribution in [2.45, 2.75) is 50.7 Å². The monoisotopic (exact) mass is 269 g/mol. The smallest absolute Gasteiger partial charge is 0.217 e. The van der Waals surface area contributed by atoms with Gasteiger partial charge in [0.1, 0.15) is 6.17 Å². The van der Waals surface area contributed by atoms with Crippen molar-refractivity contribution in [1.82, 2.24) is 4.98 Å². The van der Waals surface area contributed by atoms with Gasteiger partial charge in [-0.05, 0) is 31.4 Å². The van der Waals surface area contributed by atoms with Crippen LogP contribution >= 0.6 is 0 Å². The van der Waals surface area contributed by atoms with Crippen LogP contribution in [-0.2, 0) is 0 Å². The van der Waals surface area contributed by atoms with Crippen molar-refractivity contribution < 1.29 is 0 Å². The highest BCUT2D eigenvalue weighted by Gasteiger charge is 2.43. The minimum Gasteiger partial charge on any atom is -0.368 e. The zero-order chi connectivity index (χ0) is 13.7. The van der Waals surface area contributed by atoms with Gasteiger partial charge in [0, 0.05) is 18.5 Å². The van der Waals surface area contributed by atoms with Crippen molar-refractivity contribution >= 4 is 17.9 Å². The van der Waals surface area contributed by atoms with Crippen molar-refractivity contribution in [3.63, 3.8) is 0 Å². The lowest BCUT2D eigenvalue weighted by Gasteiger charge is -2.33. The molecule has 2 N–H and O–H groups in total. The molecule has 1 aromatic rings. The summed E-state index contributed by atoms with van der Waals surface area (Å²) in [6.07, 6.45) is 9.02. The van der Waals surface area contributed by atoms with Crippen LogP contribution < -0.4 is 10.6 Å². The van der Waals surface area contributed by atoms with Gasteiger partial charge < -0.3 is 10.6 Å². The Balaban J connectivity index is 1.86. The van der Waals surface area contributed by atoms with E-state index in [0.717, 1.165) is 5.69 Å². The lowest BCUT2D eigenvalue weighted by atomic mass is 10.0. The third-order valence-electron chi connectivity index (χ3n) is 4.71. The van der Waals surface area contributed by atoms with Crippen LogP contribution in [0.15, 0.2) is 22.2 Å². The molecule has 1 aromatic heterocycles. The number of hydrogen-bond acceptors (Lipinski definition) is 5. The van der Waals surface area contributed by atoms with Gasteiger partial charge in [-0.25, -0.2) is 9.98 Å². The zero-order valence-corrected chi connectivity index (χ0v) is 11.7. The van der Waals surface area contributed by atoms with Gasteiger partial charge in [-0.2, -0.15) is 0 Å². The highest BCUT2D eigenvalue weighted by atomic mass is 15.3. The highest BCUT2D eigenvalue weighted by Crippen LogP contribution is 2.46. The molecule has 0 aromatic carbocycles. The summed E-state index contributed by atoms with van der Waals surface area (Å²) < 4.78 is 0. The number of aromatic nitrogens is 1. The molecule has 3 heterocycles. The summed E-state index contributed by atoms with van der Waals surface area (Å²) in [6.45, 7) is 2.09. The summed E-state index contributed by atoms with van der Waals surface area (Å²) in [6, 6.07) is 2.67. The first kappa shape index (κ1) is 11.9. The Hall–Kier alpha value is -1.91. The number of hydrogen-bond donors (Lipinski definition) is 1. The van der Waals surface area contributed by atoms with Crippen LogP contribution in [0.4, 0.5) is 5.69 Å². The second-order valence-corrected chi connectivity index (χ2v) is 5.88. The fourth-order valence-corrected chi connectivity index (χ4v) is 3.86. The largest absolute Gasteiger partial charge is 0.368 e. The highest BCUT2D eigenvalue weighted by molar-refractivity contribution is 5.94. The SMILES string of the molecule is Cc1nccc2c1N(C1CCCC1)C1N=C(N)N=CC21. The van der Waals surface area contributed by atoms with Crippen LogP contribution in [0.25, 0.3) is 0 Å². The number of nitrogens with zero attached hydrogens (tertiary/aromatic N) is 4. The molecule has 0 bridgehead atoms. The van der Waals surface area contributed by atoms with Gasteiger partial charge in [0.15, 0.2) is 0 Å². The van der Waals surface area contributed by atoms with E-state index in [9.17, 15) is 0 Å². The van der Waals surface area contributed by atoms with E-state index in [1.807, 2.05) is 12.4 Å². The molecule has 1 saturated carbocycles. The normalized spacial score (nSPS) is 28.4. The Morgan fingerprint density at radius 1 is 1.30 bits per heavy atom. The van der Waals surface area contributed by atoms with E-state index in [1.54, 1.807) is 0 Å². The molecule has 104 valence electrons. The summed E-state index contributed by atoms with van der Waals surface area (Å²) in [5.41, 5.74) is 9.49. The van der Waals surface area contributed by atoms with Gasteiger partial charge in [0.05, 0.1) is 17.3 Å². The lowest BCUT2D eigenvalue weighted by molar-refractivity contribution is 0.526. The number of rotatable bonds is 1. The number of anilines is 1. The van der Waals surface area contributed by atoms with Crippen LogP contribution in [0.2, 0.25) is 0 Å². The Kier molecular flexibility index (Phi) is 2.55. The van der Waals surface area contributed by atoms with Crippen molar-refractivity contribution in [2.24, 2.45) is 15.7 Å². The molecular weight excluding hydrogens is 250 g/mol. The minimum atomic E-state index is 0.0773. The molecule has 1 fully saturated rings. The molecule has 2 aliphatic heterocycles. The molecule has 4 rings (SSSR count). The van der Waals surface area contributed by atoms with E-state index < -0.39 is 0 Å². The maximum absolute atomic E-state index is 5.83. The van der Waals surface area contributed by atoms with E-state index in [-0.39, 0.29) is 12.1 Å². The Bertz CT molecular complexity index is 600. The van der Waals surface area contributed by atoms with Gasteiger partial charge in [-0.15, -0.1) is 0 Å². The third kappa shape index (κ3) is 1.58. The fourth-order valence-electron chi connectivity index (χ4n) is 3.86. The first-order valence-corrected chi connectivity index (χ1v) is 7.37. The van der Waals surface area contributed by atoms with Crippen LogP contribution in [0, 0.1) is 6.92 Å². The summed E-state index contributed by atoms with van der Waals surface area (Å²) in [5.74, 6) is 0.618. The third-order valence-corrected chi connectivity index (χ3v) is 4.71. The Morgan fingerprint density at radius 2 is 2.10 bits per heavy atom. The quantitative estimate of drug-likeness (QED) is 0.847. The number of pyridine rings is 1. The van der Waals surface area contributed by atoms with Crippen molar-refractivity contribution in [3.05, 3.63) is 23.5 Å². The Labute approximate surface area is 118 Å². The van der Waals surface area contributed by atoms with Crippen LogP contribution in [0.5, 0.6) is 0 Å². The molecule has 0 radical (unpaired) electrons.